The molecule has 0 unspecified atom stereocenters. The molecule has 2 fully saturated rings. The van der Waals surface area contributed by atoms with Crippen LogP contribution in [0.1, 0.15) is 46.6 Å². The molecule has 2 aliphatic rings. The van der Waals surface area contributed by atoms with Gasteiger partial charge in [0.25, 0.3) is 16.1 Å². The zero-order valence-electron chi connectivity index (χ0n) is 26.4. The Morgan fingerprint density at radius 3 is 2.40 bits per heavy atom. The minimum atomic E-state index is -4.47. The number of nitrogens with one attached hydrogen (secondary N) is 2. The highest BCUT2D eigenvalue weighted by atomic mass is 35.5. The van der Waals surface area contributed by atoms with Crippen LogP contribution in [0.25, 0.3) is 0 Å². The van der Waals surface area contributed by atoms with E-state index in [0.717, 1.165) is 47.0 Å². The maximum Gasteiger partial charge on any atom is 0.416 e. The minimum absolute atomic E-state index is 0.0398. The topological polar surface area (TPSA) is 140 Å². The van der Waals surface area contributed by atoms with Crippen LogP contribution in [0, 0.1) is 11.8 Å². The normalized spacial score (nSPS) is 18.4. The Labute approximate surface area is 301 Å². The van der Waals surface area contributed by atoms with Gasteiger partial charge in [-0.25, -0.2) is 10.0 Å². The quantitative estimate of drug-likeness (QED) is 0.134. The van der Waals surface area contributed by atoms with Gasteiger partial charge in [-0.2, -0.15) is 30.6 Å². The lowest BCUT2D eigenvalue weighted by Gasteiger charge is -2.27. The van der Waals surface area contributed by atoms with Crippen molar-refractivity contribution >= 4 is 62.1 Å². The number of hydrazine groups is 1. The molecule has 2 aromatic carbocycles. The summed E-state index contributed by atoms with van der Waals surface area (Å²) in [5.41, 5.74) is 9.03. The first kappa shape index (κ1) is 37.8. The van der Waals surface area contributed by atoms with E-state index in [0.29, 0.717) is 33.4 Å². The van der Waals surface area contributed by atoms with Crippen LogP contribution in [0.15, 0.2) is 70.9 Å². The lowest BCUT2D eigenvalue weighted by atomic mass is 10.1. The molecule has 5 rings (SSSR count). The molecule has 17 heteroatoms. The van der Waals surface area contributed by atoms with Crippen molar-refractivity contribution in [3.05, 3.63) is 96.8 Å². The van der Waals surface area contributed by atoms with E-state index in [-0.39, 0.29) is 47.2 Å². The van der Waals surface area contributed by atoms with E-state index in [9.17, 15) is 31.5 Å². The third kappa shape index (κ3) is 9.86. The Balaban J connectivity index is 1.56. The maximum absolute atomic E-state index is 13.6. The number of aliphatic hydroxyl groups excluding tert-OH is 1. The Kier molecular flexibility index (Phi) is 12.3. The molecule has 1 aromatic heterocycles. The molecular formula is C33H33Cl2F3N6O4S2. The van der Waals surface area contributed by atoms with Crippen LogP contribution < -0.4 is 15.9 Å². The van der Waals surface area contributed by atoms with Gasteiger partial charge in [0.1, 0.15) is 5.70 Å². The third-order valence-electron chi connectivity index (χ3n) is 7.89. The molecule has 2 saturated heterocycles. The molecule has 1 atom stereocenters. The SMILES string of the molecule is NC(C(=O)NN1CCCCC1)=C(CNS(=O)(=O)N1CC[C@H](O)C1)C(=Nc1ccc(Cl)cc1Cl)c1ccc(C#Cc2ccc(C(F)(F)F)cc2)s1. The van der Waals surface area contributed by atoms with Gasteiger partial charge in [-0.1, -0.05) is 41.5 Å². The van der Waals surface area contributed by atoms with Gasteiger partial charge in [0, 0.05) is 48.9 Å². The van der Waals surface area contributed by atoms with Crippen molar-refractivity contribution in [3.63, 3.8) is 0 Å². The second kappa shape index (κ2) is 16.3. The number of piperidine rings is 1. The number of halogens is 5. The number of nitrogens with two attached hydrogens (primary N) is 1. The van der Waals surface area contributed by atoms with E-state index in [2.05, 4.69) is 22.0 Å². The number of aliphatic imine (C=N–C) groups is 1. The first-order valence-corrected chi connectivity index (χ1v) is 18.5. The lowest BCUT2D eigenvalue weighted by molar-refractivity contribution is -0.137. The van der Waals surface area contributed by atoms with Crippen molar-refractivity contribution in [3.8, 4) is 11.8 Å². The van der Waals surface area contributed by atoms with Crippen LogP contribution in [-0.4, -0.2) is 73.3 Å². The number of thiophene rings is 1. The number of amides is 1. The number of β-amino-alcohol motifs (C(OH)–C–C–N with tert-alkyl or cyclic N) is 1. The van der Waals surface area contributed by atoms with Gasteiger partial charge in [-0.15, -0.1) is 11.3 Å². The van der Waals surface area contributed by atoms with E-state index in [1.807, 2.05) is 0 Å². The largest absolute Gasteiger partial charge is 0.416 e. The zero-order valence-corrected chi connectivity index (χ0v) is 29.6. The average Bonchev–Trinajstić information content (AvgIpc) is 3.74. The number of aliphatic hydroxyl groups is 1. The Hall–Kier alpha value is -3.46. The van der Waals surface area contributed by atoms with Crippen molar-refractivity contribution in [2.45, 2.75) is 38.0 Å². The van der Waals surface area contributed by atoms with Crippen LogP contribution in [0.4, 0.5) is 18.9 Å². The van der Waals surface area contributed by atoms with Crippen molar-refractivity contribution in [2.75, 3.05) is 32.7 Å². The van der Waals surface area contributed by atoms with E-state index in [4.69, 9.17) is 33.9 Å². The maximum atomic E-state index is 13.6. The second-order valence-electron chi connectivity index (χ2n) is 11.6. The van der Waals surface area contributed by atoms with E-state index >= 15 is 0 Å². The standard InChI is InChI=1S/C33H33Cl2F3N6O4S2/c34-23-9-12-28(27(35)18-23)41-31(29-13-11-25(49-29)10-6-21-4-7-22(8-5-21)33(36,37)38)26(19-40-50(47,48)44-17-14-24(45)20-44)30(39)32(46)42-43-15-2-1-3-16-43/h4-5,7-9,11-13,18,24,40,45H,1-3,14-17,19-20,39H2,(H,42,46)/t24-/m0/s1. The fourth-order valence-electron chi connectivity index (χ4n) is 5.21. The van der Waals surface area contributed by atoms with Crippen LogP contribution >= 0.6 is 34.5 Å². The monoisotopic (exact) mass is 768 g/mol. The molecule has 0 bridgehead atoms. The number of nitrogens with zero attached hydrogens (tertiary/aromatic N) is 3. The van der Waals surface area contributed by atoms with Crippen LogP contribution in [0.2, 0.25) is 10.0 Å². The number of alkyl halides is 3. The van der Waals surface area contributed by atoms with Crippen LogP contribution in [0.5, 0.6) is 0 Å². The highest BCUT2D eigenvalue weighted by molar-refractivity contribution is 7.87. The summed E-state index contributed by atoms with van der Waals surface area (Å²) in [6.07, 6.45) is -2.22. The number of hydrogen-bond acceptors (Lipinski definition) is 8. The summed E-state index contributed by atoms with van der Waals surface area (Å²) in [6.45, 7) is 0.792. The summed E-state index contributed by atoms with van der Waals surface area (Å²) in [5.74, 6) is 5.12. The summed E-state index contributed by atoms with van der Waals surface area (Å²) >= 11 is 13.8. The van der Waals surface area contributed by atoms with Crippen molar-refractivity contribution < 1.29 is 31.5 Å². The van der Waals surface area contributed by atoms with Gasteiger partial charge in [0.15, 0.2) is 0 Å². The summed E-state index contributed by atoms with van der Waals surface area (Å²) in [4.78, 5) is 19.3. The summed E-state index contributed by atoms with van der Waals surface area (Å²) in [5, 5.41) is 12.2. The molecule has 10 nitrogen and oxygen atoms in total. The smallest absolute Gasteiger partial charge is 0.394 e. The summed E-state index contributed by atoms with van der Waals surface area (Å²) in [7, 11) is -4.12. The highest BCUT2D eigenvalue weighted by Gasteiger charge is 2.32. The molecule has 266 valence electrons. The predicted molar refractivity (Wildman–Crippen MR) is 188 cm³/mol. The van der Waals surface area contributed by atoms with Crippen LogP contribution in [0.3, 0.4) is 0 Å². The van der Waals surface area contributed by atoms with E-state index in [1.165, 1.54) is 18.2 Å². The molecule has 50 heavy (non-hydrogen) atoms. The molecule has 3 aromatic rings. The number of carbonyl (C=O) groups excluding carboxylic acids is 1. The van der Waals surface area contributed by atoms with Crippen LogP contribution in [-0.2, 0) is 21.2 Å². The van der Waals surface area contributed by atoms with Gasteiger partial charge in [0.05, 0.1) is 37.8 Å². The molecule has 0 aliphatic carbocycles. The number of rotatable bonds is 9. The fraction of sp³-hybridized carbons (Fsp3) is 0.333. The molecule has 0 spiro atoms. The average molecular weight is 770 g/mol. The van der Waals surface area contributed by atoms with Gasteiger partial charge < -0.3 is 10.8 Å². The molecule has 2 aliphatic heterocycles. The first-order chi connectivity index (χ1) is 23.7. The molecular weight excluding hydrogens is 736 g/mol. The number of hydrogen-bond donors (Lipinski definition) is 4. The van der Waals surface area contributed by atoms with Crippen molar-refractivity contribution in [1.29, 1.82) is 0 Å². The third-order valence-corrected chi connectivity index (χ3v) is 11.0. The molecule has 5 N–H and O–H groups in total. The zero-order chi connectivity index (χ0) is 36.1. The van der Waals surface area contributed by atoms with E-state index in [1.54, 1.807) is 29.3 Å². The van der Waals surface area contributed by atoms with Gasteiger partial charge in [-0.05, 0) is 73.9 Å². The molecule has 0 radical (unpaired) electrons. The minimum Gasteiger partial charge on any atom is -0.394 e. The Morgan fingerprint density at radius 2 is 1.76 bits per heavy atom. The fourth-order valence-corrected chi connectivity index (χ4v) is 7.76. The predicted octanol–water partition coefficient (Wildman–Crippen LogP) is 5.23. The Bertz CT molecular complexity index is 1950. The van der Waals surface area contributed by atoms with Gasteiger partial charge in [-0.3, -0.25) is 10.2 Å². The van der Waals surface area contributed by atoms with Gasteiger partial charge in [0.2, 0.25) is 0 Å². The molecule has 3 heterocycles. The Morgan fingerprint density at radius 1 is 1.04 bits per heavy atom. The van der Waals surface area contributed by atoms with E-state index < -0.39 is 40.5 Å². The second-order valence-corrected chi connectivity index (χ2v) is 15.2. The first-order valence-electron chi connectivity index (χ1n) is 15.5. The summed E-state index contributed by atoms with van der Waals surface area (Å²) < 4.78 is 69.2. The highest BCUT2D eigenvalue weighted by Crippen LogP contribution is 2.32. The van der Waals surface area contributed by atoms with Gasteiger partial charge >= 0.3 is 6.18 Å². The number of carbonyl (C=O) groups is 1. The van der Waals surface area contributed by atoms with Crippen molar-refractivity contribution in [2.24, 2.45) is 10.7 Å². The lowest BCUT2D eigenvalue weighted by Crippen LogP contribution is -2.47. The molecule has 0 saturated carbocycles. The summed E-state index contributed by atoms with van der Waals surface area (Å²) in [6, 6.07) is 12.4. The van der Waals surface area contributed by atoms with Crippen molar-refractivity contribution in [1.82, 2.24) is 19.5 Å². The molecule has 1 amide bonds. The number of benzene rings is 2.